The first-order valence-electron chi connectivity index (χ1n) is 7.01. The Labute approximate surface area is 113 Å². The summed E-state index contributed by atoms with van der Waals surface area (Å²) in [5.74, 6) is -0.667. The molecule has 1 saturated carbocycles. The van der Waals surface area contributed by atoms with Gasteiger partial charge in [-0.1, -0.05) is 32.1 Å². The van der Waals surface area contributed by atoms with E-state index in [2.05, 4.69) is 10.9 Å². The van der Waals surface area contributed by atoms with Gasteiger partial charge in [0, 0.05) is 6.42 Å². The number of hydrazine groups is 1. The van der Waals surface area contributed by atoms with Crippen LogP contribution in [0.15, 0.2) is 0 Å². The fourth-order valence-electron chi connectivity index (χ4n) is 2.44. The molecule has 4 N–H and O–H groups in total. The summed E-state index contributed by atoms with van der Waals surface area (Å²) in [6, 6.07) is -1.15. The van der Waals surface area contributed by atoms with Crippen LogP contribution in [-0.4, -0.2) is 34.7 Å². The fourth-order valence-corrected chi connectivity index (χ4v) is 2.44. The summed E-state index contributed by atoms with van der Waals surface area (Å²) in [4.78, 5) is 22.1. The van der Waals surface area contributed by atoms with Gasteiger partial charge in [-0.3, -0.25) is 15.0 Å². The van der Waals surface area contributed by atoms with Crippen LogP contribution in [0.2, 0.25) is 0 Å². The monoisotopic (exact) mass is 272 g/mol. The molecule has 0 spiro atoms. The number of carboxylic acids is 1. The van der Waals surface area contributed by atoms with E-state index in [1.165, 1.54) is 32.1 Å². The predicted molar refractivity (Wildman–Crippen MR) is 70.2 cm³/mol. The molecule has 110 valence electrons. The van der Waals surface area contributed by atoms with Crippen molar-refractivity contribution in [3.8, 4) is 0 Å². The summed E-state index contributed by atoms with van der Waals surface area (Å²) in [6.07, 6.45) is 8.76. The van der Waals surface area contributed by atoms with Crippen LogP contribution in [0.25, 0.3) is 0 Å². The highest BCUT2D eigenvalue weighted by Crippen LogP contribution is 2.27. The SMILES string of the molecule is O=C(CCCC1CCCCC1)NN[C@@H](CO)C(=O)O. The van der Waals surface area contributed by atoms with Gasteiger partial charge in [0.25, 0.3) is 0 Å². The van der Waals surface area contributed by atoms with Crippen LogP contribution in [0, 0.1) is 5.92 Å². The average Bonchev–Trinajstić information content (AvgIpc) is 2.40. The first-order valence-corrected chi connectivity index (χ1v) is 7.01. The number of aliphatic hydroxyl groups is 1. The topological polar surface area (TPSA) is 98.7 Å². The second-order valence-electron chi connectivity index (χ2n) is 5.16. The lowest BCUT2D eigenvalue weighted by Gasteiger charge is -2.21. The van der Waals surface area contributed by atoms with Crippen molar-refractivity contribution in [1.29, 1.82) is 0 Å². The van der Waals surface area contributed by atoms with Crippen LogP contribution in [0.1, 0.15) is 51.4 Å². The molecule has 0 unspecified atom stereocenters. The van der Waals surface area contributed by atoms with Gasteiger partial charge in [-0.15, -0.1) is 0 Å². The van der Waals surface area contributed by atoms with Gasteiger partial charge in [0.2, 0.25) is 5.91 Å². The largest absolute Gasteiger partial charge is 0.480 e. The molecule has 0 heterocycles. The molecule has 0 aromatic heterocycles. The first-order chi connectivity index (χ1) is 9.13. The highest BCUT2D eigenvalue weighted by Gasteiger charge is 2.17. The Morgan fingerprint density at radius 2 is 1.89 bits per heavy atom. The van der Waals surface area contributed by atoms with Crippen molar-refractivity contribution >= 4 is 11.9 Å². The van der Waals surface area contributed by atoms with E-state index in [9.17, 15) is 9.59 Å². The molecule has 0 aromatic carbocycles. The standard InChI is InChI=1S/C13H24N2O4/c16-9-11(13(18)19)14-15-12(17)8-4-7-10-5-2-1-3-6-10/h10-11,14,16H,1-9H2,(H,15,17)(H,18,19)/t11-/m0/s1. The van der Waals surface area contributed by atoms with Crippen LogP contribution >= 0.6 is 0 Å². The summed E-state index contributed by atoms with van der Waals surface area (Å²) in [5.41, 5.74) is 4.63. The number of aliphatic carboxylic acids is 1. The number of rotatable bonds is 8. The van der Waals surface area contributed by atoms with E-state index in [4.69, 9.17) is 10.2 Å². The van der Waals surface area contributed by atoms with E-state index in [-0.39, 0.29) is 5.91 Å². The van der Waals surface area contributed by atoms with Crippen molar-refractivity contribution in [3.05, 3.63) is 0 Å². The Bertz CT molecular complexity index is 290. The summed E-state index contributed by atoms with van der Waals surface area (Å²) >= 11 is 0. The molecule has 0 radical (unpaired) electrons. The fraction of sp³-hybridized carbons (Fsp3) is 0.846. The molecule has 1 fully saturated rings. The lowest BCUT2D eigenvalue weighted by molar-refractivity contribution is -0.141. The van der Waals surface area contributed by atoms with Crippen molar-refractivity contribution in [3.63, 3.8) is 0 Å². The van der Waals surface area contributed by atoms with Gasteiger partial charge in [-0.05, 0) is 18.8 Å². The van der Waals surface area contributed by atoms with Crippen molar-refractivity contribution < 1.29 is 19.8 Å². The number of carbonyl (C=O) groups excluding carboxylic acids is 1. The molecule has 1 atom stereocenters. The predicted octanol–water partition coefficient (Wildman–Crippen LogP) is 0.803. The molecule has 6 nitrogen and oxygen atoms in total. The van der Waals surface area contributed by atoms with E-state index in [1.807, 2.05) is 0 Å². The number of carbonyl (C=O) groups is 2. The molecule has 1 amide bonds. The molecular weight excluding hydrogens is 248 g/mol. The second-order valence-corrected chi connectivity index (χ2v) is 5.16. The van der Waals surface area contributed by atoms with Crippen molar-refractivity contribution in [2.24, 2.45) is 5.92 Å². The average molecular weight is 272 g/mol. The lowest BCUT2D eigenvalue weighted by Crippen LogP contribution is -2.49. The first kappa shape index (κ1) is 15.9. The maximum Gasteiger partial charge on any atom is 0.324 e. The molecule has 1 rings (SSSR count). The van der Waals surface area contributed by atoms with Gasteiger partial charge in [0.15, 0.2) is 0 Å². The third-order valence-corrected chi connectivity index (χ3v) is 3.61. The number of hydrogen-bond acceptors (Lipinski definition) is 4. The third-order valence-electron chi connectivity index (χ3n) is 3.61. The highest BCUT2D eigenvalue weighted by molar-refractivity contribution is 5.77. The minimum Gasteiger partial charge on any atom is -0.480 e. The van der Waals surface area contributed by atoms with Crippen LogP contribution in [0.5, 0.6) is 0 Å². The maximum atomic E-state index is 11.5. The van der Waals surface area contributed by atoms with E-state index in [1.54, 1.807) is 0 Å². The summed E-state index contributed by atoms with van der Waals surface area (Å²) < 4.78 is 0. The number of carboxylic acid groups (broad SMARTS) is 1. The summed E-state index contributed by atoms with van der Waals surface area (Å²) in [7, 11) is 0. The third kappa shape index (κ3) is 6.54. The normalized spacial score (nSPS) is 17.9. The van der Waals surface area contributed by atoms with E-state index in [0.29, 0.717) is 6.42 Å². The number of amides is 1. The molecular formula is C13H24N2O4. The Morgan fingerprint density at radius 1 is 1.21 bits per heavy atom. The van der Waals surface area contributed by atoms with Gasteiger partial charge < -0.3 is 10.2 Å². The number of aliphatic hydroxyl groups excluding tert-OH is 1. The van der Waals surface area contributed by atoms with Crippen LogP contribution in [0.4, 0.5) is 0 Å². The quantitative estimate of drug-likeness (QED) is 0.490. The van der Waals surface area contributed by atoms with E-state index in [0.717, 1.165) is 18.8 Å². The van der Waals surface area contributed by atoms with Gasteiger partial charge >= 0.3 is 5.97 Å². The molecule has 6 heteroatoms. The lowest BCUT2D eigenvalue weighted by atomic mass is 9.86. The maximum absolute atomic E-state index is 11.5. The molecule has 0 aromatic rings. The van der Waals surface area contributed by atoms with E-state index < -0.39 is 18.6 Å². The molecule has 19 heavy (non-hydrogen) atoms. The molecule has 0 aliphatic heterocycles. The second kappa shape index (κ2) is 8.87. The molecule has 1 aliphatic carbocycles. The zero-order valence-corrected chi connectivity index (χ0v) is 11.2. The Hall–Kier alpha value is -1.14. The highest BCUT2D eigenvalue weighted by atomic mass is 16.4. The molecule has 1 aliphatic rings. The zero-order valence-electron chi connectivity index (χ0n) is 11.2. The van der Waals surface area contributed by atoms with Gasteiger partial charge in [0.1, 0.15) is 6.04 Å². The Morgan fingerprint density at radius 3 is 2.47 bits per heavy atom. The van der Waals surface area contributed by atoms with Crippen LogP contribution in [-0.2, 0) is 9.59 Å². The van der Waals surface area contributed by atoms with Gasteiger partial charge in [0.05, 0.1) is 6.61 Å². The summed E-state index contributed by atoms with van der Waals surface area (Å²) in [6.45, 7) is -0.558. The van der Waals surface area contributed by atoms with Crippen LogP contribution < -0.4 is 10.9 Å². The van der Waals surface area contributed by atoms with Gasteiger partial charge in [-0.25, -0.2) is 5.43 Å². The number of nitrogens with one attached hydrogen (secondary N) is 2. The van der Waals surface area contributed by atoms with E-state index >= 15 is 0 Å². The smallest absolute Gasteiger partial charge is 0.324 e. The van der Waals surface area contributed by atoms with Crippen molar-refractivity contribution in [2.45, 2.75) is 57.4 Å². The van der Waals surface area contributed by atoms with Crippen LogP contribution in [0.3, 0.4) is 0 Å². The summed E-state index contributed by atoms with van der Waals surface area (Å²) in [5, 5.41) is 17.4. The number of hydrogen-bond donors (Lipinski definition) is 4. The minimum atomic E-state index is -1.19. The molecule has 0 saturated heterocycles. The minimum absolute atomic E-state index is 0.226. The Kier molecular flexibility index (Phi) is 7.43. The Balaban J connectivity index is 2.08. The van der Waals surface area contributed by atoms with Crippen molar-refractivity contribution in [1.82, 2.24) is 10.9 Å². The van der Waals surface area contributed by atoms with Crippen molar-refractivity contribution in [2.75, 3.05) is 6.61 Å². The molecule has 0 bridgehead atoms. The van der Waals surface area contributed by atoms with Gasteiger partial charge in [-0.2, -0.15) is 0 Å². The zero-order chi connectivity index (χ0) is 14.1.